The van der Waals surface area contributed by atoms with Gasteiger partial charge in [-0.05, 0) is 17.7 Å². The first-order valence-electron chi connectivity index (χ1n) is 5.36. The van der Waals surface area contributed by atoms with Gasteiger partial charge in [0.05, 0.1) is 0 Å². The fourth-order valence-corrected chi connectivity index (χ4v) is 1.58. The zero-order valence-corrected chi connectivity index (χ0v) is 10.2. The van der Waals surface area contributed by atoms with Gasteiger partial charge in [-0.25, -0.2) is 0 Å². The van der Waals surface area contributed by atoms with Gasteiger partial charge in [0.1, 0.15) is 5.69 Å². The molecule has 0 radical (unpaired) electrons. The van der Waals surface area contributed by atoms with Crippen molar-refractivity contribution in [1.82, 2.24) is 10.3 Å². The van der Waals surface area contributed by atoms with Crippen molar-refractivity contribution in [3.63, 3.8) is 0 Å². The van der Waals surface area contributed by atoms with Crippen LogP contribution in [0.1, 0.15) is 16.1 Å². The number of benzene rings is 1. The van der Waals surface area contributed by atoms with E-state index in [0.29, 0.717) is 11.6 Å². The Kier molecular flexibility index (Phi) is 3.79. The number of H-pyrrole nitrogens is 1. The second kappa shape index (κ2) is 5.51. The van der Waals surface area contributed by atoms with Gasteiger partial charge in [-0.15, -0.1) is 0 Å². The number of hydrogen-bond acceptors (Lipinski definition) is 2. The zero-order chi connectivity index (χ0) is 13.0. The second-order valence-corrected chi connectivity index (χ2v) is 4.18. The minimum Gasteiger partial charge on any atom is -0.357 e. The minimum absolute atomic E-state index is 0.203. The maximum absolute atomic E-state index is 11.7. The highest BCUT2D eigenvalue weighted by Gasteiger charge is 2.05. The number of amides is 1. The molecule has 1 aromatic heterocycles. The highest BCUT2D eigenvalue weighted by Crippen LogP contribution is 2.09. The number of rotatable bonds is 3. The second-order valence-electron chi connectivity index (χ2n) is 3.75. The maximum Gasteiger partial charge on any atom is 0.268 e. The largest absolute Gasteiger partial charge is 0.357 e. The van der Waals surface area contributed by atoms with Gasteiger partial charge in [0.2, 0.25) is 0 Å². The van der Waals surface area contributed by atoms with E-state index in [-0.39, 0.29) is 17.0 Å². The third kappa shape index (κ3) is 3.21. The molecular weight excluding hydrogens is 252 g/mol. The lowest BCUT2D eigenvalue weighted by Gasteiger charge is -2.05. The standard InChI is InChI=1S/C13H11ClN2O2/c14-10-3-1-9(2-4-10)8-16-13(18)12-7-11(17)5-6-15-12/h1-7H,8H2,(H,15,17)(H,16,18). The number of nitrogens with one attached hydrogen (secondary N) is 2. The number of halogens is 1. The van der Waals surface area contributed by atoms with Gasteiger partial charge in [-0.2, -0.15) is 0 Å². The number of hydrogen-bond donors (Lipinski definition) is 2. The monoisotopic (exact) mass is 262 g/mol. The average molecular weight is 263 g/mol. The first-order chi connectivity index (χ1) is 8.65. The van der Waals surface area contributed by atoms with E-state index in [1.807, 2.05) is 12.1 Å². The molecule has 0 aliphatic heterocycles. The Morgan fingerprint density at radius 1 is 1.22 bits per heavy atom. The molecular formula is C13H11ClN2O2. The quantitative estimate of drug-likeness (QED) is 0.888. The molecule has 0 saturated carbocycles. The molecule has 18 heavy (non-hydrogen) atoms. The number of pyridine rings is 1. The van der Waals surface area contributed by atoms with Crippen LogP contribution in [0.4, 0.5) is 0 Å². The SMILES string of the molecule is O=C(NCc1ccc(Cl)cc1)c1cc(=O)cc[nH]1. The van der Waals surface area contributed by atoms with Crippen LogP contribution in [0.25, 0.3) is 0 Å². The number of aromatic amines is 1. The van der Waals surface area contributed by atoms with E-state index in [1.54, 1.807) is 12.1 Å². The summed E-state index contributed by atoms with van der Waals surface area (Å²) in [7, 11) is 0. The molecule has 0 unspecified atom stereocenters. The van der Waals surface area contributed by atoms with Crippen LogP contribution >= 0.6 is 11.6 Å². The lowest BCUT2D eigenvalue weighted by molar-refractivity contribution is 0.0946. The van der Waals surface area contributed by atoms with E-state index < -0.39 is 0 Å². The smallest absolute Gasteiger partial charge is 0.268 e. The van der Waals surface area contributed by atoms with E-state index >= 15 is 0 Å². The molecule has 0 bridgehead atoms. The lowest BCUT2D eigenvalue weighted by atomic mass is 10.2. The summed E-state index contributed by atoms with van der Waals surface area (Å²) in [6.07, 6.45) is 1.44. The van der Waals surface area contributed by atoms with Gasteiger partial charge < -0.3 is 10.3 Å². The van der Waals surface area contributed by atoms with E-state index in [4.69, 9.17) is 11.6 Å². The molecule has 0 saturated heterocycles. The summed E-state index contributed by atoms with van der Waals surface area (Å²) in [5.41, 5.74) is 0.980. The first kappa shape index (κ1) is 12.4. The van der Waals surface area contributed by atoms with Crippen molar-refractivity contribution in [2.45, 2.75) is 6.54 Å². The minimum atomic E-state index is -0.317. The Balaban J connectivity index is 2.00. The molecule has 0 aliphatic carbocycles. The molecule has 0 aliphatic rings. The number of carbonyl (C=O) groups is 1. The van der Waals surface area contributed by atoms with Crippen LogP contribution in [-0.2, 0) is 6.54 Å². The Labute approximate surface area is 109 Å². The Morgan fingerprint density at radius 2 is 1.94 bits per heavy atom. The molecule has 92 valence electrons. The van der Waals surface area contributed by atoms with Crippen molar-refractivity contribution in [3.05, 3.63) is 69.1 Å². The fraction of sp³-hybridized carbons (Fsp3) is 0.0769. The van der Waals surface area contributed by atoms with E-state index in [0.717, 1.165) is 5.56 Å². The molecule has 2 N–H and O–H groups in total. The molecule has 1 heterocycles. The topological polar surface area (TPSA) is 62.0 Å². The number of aromatic nitrogens is 1. The molecule has 2 aromatic rings. The average Bonchev–Trinajstić information content (AvgIpc) is 2.38. The summed E-state index contributed by atoms with van der Waals surface area (Å²) in [6.45, 7) is 0.382. The maximum atomic E-state index is 11.7. The van der Waals surface area contributed by atoms with Crippen LogP contribution in [0.3, 0.4) is 0 Å². The van der Waals surface area contributed by atoms with E-state index in [1.165, 1.54) is 18.3 Å². The molecule has 4 nitrogen and oxygen atoms in total. The van der Waals surface area contributed by atoms with Crippen LogP contribution in [-0.4, -0.2) is 10.9 Å². The zero-order valence-electron chi connectivity index (χ0n) is 9.44. The fourth-order valence-electron chi connectivity index (χ4n) is 1.46. The summed E-state index contributed by atoms with van der Waals surface area (Å²) < 4.78 is 0. The van der Waals surface area contributed by atoms with Crippen molar-refractivity contribution in [2.24, 2.45) is 0 Å². The van der Waals surface area contributed by atoms with E-state index in [2.05, 4.69) is 10.3 Å². The third-order valence-corrected chi connectivity index (χ3v) is 2.64. The third-order valence-electron chi connectivity index (χ3n) is 2.38. The van der Waals surface area contributed by atoms with Crippen LogP contribution in [0.2, 0.25) is 5.02 Å². The van der Waals surface area contributed by atoms with Crippen molar-refractivity contribution < 1.29 is 4.79 Å². The van der Waals surface area contributed by atoms with Crippen LogP contribution in [0.15, 0.2) is 47.4 Å². The van der Waals surface area contributed by atoms with Crippen molar-refractivity contribution in [3.8, 4) is 0 Å². The molecule has 0 fully saturated rings. The molecule has 5 heteroatoms. The van der Waals surface area contributed by atoms with Crippen LogP contribution in [0.5, 0.6) is 0 Å². The highest BCUT2D eigenvalue weighted by molar-refractivity contribution is 6.30. The highest BCUT2D eigenvalue weighted by atomic mass is 35.5. The summed E-state index contributed by atoms with van der Waals surface area (Å²) in [5.74, 6) is -0.317. The van der Waals surface area contributed by atoms with Gasteiger partial charge in [0, 0.05) is 29.9 Å². The van der Waals surface area contributed by atoms with Gasteiger partial charge in [0.25, 0.3) is 5.91 Å². The molecule has 1 aromatic carbocycles. The first-order valence-corrected chi connectivity index (χ1v) is 5.74. The molecule has 0 spiro atoms. The normalized spacial score (nSPS) is 10.1. The summed E-state index contributed by atoms with van der Waals surface area (Å²) >= 11 is 5.76. The van der Waals surface area contributed by atoms with Crippen molar-refractivity contribution in [2.75, 3.05) is 0 Å². The Bertz CT molecular complexity index is 605. The Morgan fingerprint density at radius 3 is 2.61 bits per heavy atom. The van der Waals surface area contributed by atoms with Crippen LogP contribution in [0, 0.1) is 0 Å². The summed E-state index contributed by atoms with van der Waals surface area (Å²) in [6, 6.07) is 9.79. The van der Waals surface area contributed by atoms with Gasteiger partial charge >= 0.3 is 0 Å². The van der Waals surface area contributed by atoms with E-state index in [9.17, 15) is 9.59 Å². The summed E-state index contributed by atoms with van der Waals surface area (Å²) in [5, 5.41) is 3.36. The van der Waals surface area contributed by atoms with Gasteiger partial charge in [-0.1, -0.05) is 23.7 Å². The molecule has 2 rings (SSSR count). The molecule has 0 atom stereocenters. The summed E-state index contributed by atoms with van der Waals surface area (Å²) in [4.78, 5) is 25.5. The lowest BCUT2D eigenvalue weighted by Crippen LogP contribution is -2.24. The van der Waals surface area contributed by atoms with Crippen molar-refractivity contribution >= 4 is 17.5 Å². The molecule has 1 amide bonds. The van der Waals surface area contributed by atoms with Gasteiger partial charge in [-0.3, -0.25) is 9.59 Å². The Hall–Kier alpha value is -2.07. The number of carbonyl (C=O) groups excluding carboxylic acids is 1. The van der Waals surface area contributed by atoms with Crippen molar-refractivity contribution in [1.29, 1.82) is 0 Å². The predicted octanol–water partition coefficient (Wildman–Crippen LogP) is 1.96. The van der Waals surface area contributed by atoms with Crippen LogP contribution < -0.4 is 10.7 Å². The van der Waals surface area contributed by atoms with Gasteiger partial charge in [0.15, 0.2) is 5.43 Å². The predicted molar refractivity (Wildman–Crippen MR) is 69.7 cm³/mol.